The highest BCUT2D eigenvalue weighted by molar-refractivity contribution is 6.23. The maximum absolute atomic E-state index is 8.99. The van der Waals surface area contributed by atoms with Gasteiger partial charge in [0.1, 0.15) is 0 Å². The van der Waals surface area contributed by atoms with E-state index in [0.29, 0.717) is 5.56 Å². The smallest absolute Gasteiger partial charge is 0.0645 e. The van der Waals surface area contributed by atoms with Gasteiger partial charge < -0.3 is 4.40 Å². The minimum atomic E-state index is -0.674. The molecule has 0 bridgehead atoms. The predicted molar refractivity (Wildman–Crippen MR) is 99.8 cm³/mol. The van der Waals surface area contributed by atoms with Crippen LogP contribution in [0, 0.1) is 0 Å². The monoisotopic (exact) mass is 307 g/mol. The van der Waals surface area contributed by atoms with Gasteiger partial charge in [0.2, 0.25) is 0 Å². The summed E-state index contributed by atoms with van der Waals surface area (Å²) in [6.45, 7) is 5.51. The minimum absolute atomic E-state index is 0.0388. The molecule has 5 rings (SSSR count). The van der Waals surface area contributed by atoms with E-state index in [4.69, 9.17) is 13.7 Å². The summed E-state index contributed by atoms with van der Waals surface area (Å²) in [5.41, 5.74) is 0.00507. The molecule has 0 unspecified atom stereocenters. The zero-order valence-corrected chi connectivity index (χ0v) is 12.9. The molecule has 0 radical (unpaired) electrons. The number of para-hydroxylation sites is 2. The van der Waals surface area contributed by atoms with E-state index in [-0.39, 0.29) is 74.3 Å². The Labute approximate surface area is 149 Å². The lowest BCUT2D eigenvalue weighted by Crippen LogP contribution is -2.10. The van der Waals surface area contributed by atoms with E-state index in [1.165, 1.54) is 4.40 Å². The van der Waals surface area contributed by atoms with Crippen LogP contribution in [0.3, 0.4) is 0 Å². The topological polar surface area (TPSA) is 4.41 Å². The molecule has 0 spiro atoms. The normalized spacial score (nSPS) is 19.1. The fourth-order valence-corrected chi connectivity index (χ4v) is 3.13. The first-order valence-corrected chi connectivity index (χ1v) is 7.42. The molecule has 1 heteroatoms. The minimum Gasteiger partial charge on any atom is -0.308 e. The van der Waals surface area contributed by atoms with Gasteiger partial charge in [0, 0.05) is 21.5 Å². The Morgan fingerprint density at radius 3 is 1.70 bits per heavy atom. The second-order valence-corrected chi connectivity index (χ2v) is 6.76. The highest BCUT2D eigenvalue weighted by atomic mass is 14.9. The Morgan fingerprint density at radius 1 is 0.739 bits per heavy atom. The van der Waals surface area contributed by atoms with Crippen LogP contribution in [0.15, 0.2) is 60.4 Å². The zero-order valence-electron chi connectivity index (χ0n) is 22.9. The molecule has 23 heavy (non-hydrogen) atoms. The van der Waals surface area contributed by atoms with Crippen molar-refractivity contribution in [3.05, 3.63) is 66.0 Å². The third kappa shape index (κ3) is 1.57. The summed E-state index contributed by atoms with van der Waals surface area (Å²) in [5.74, 6) is 0. The van der Waals surface area contributed by atoms with Gasteiger partial charge in [-0.1, -0.05) is 57.0 Å². The average Bonchev–Trinajstić information content (AvgIpc) is 3.25. The van der Waals surface area contributed by atoms with E-state index in [2.05, 4.69) is 0 Å². The van der Waals surface area contributed by atoms with Crippen LogP contribution in [0.4, 0.5) is 0 Å². The summed E-state index contributed by atoms with van der Waals surface area (Å²) in [5, 5.41) is 0.679. The van der Waals surface area contributed by atoms with Gasteiger partial charge in [-0.15, -0.1) is 0 Å². The largest absolute Gasteiger partial charge is 0.308 e. The molecule has 0 aliphatic heterocycles. The lowest BCUT2D eigenvalue weighted by molar-refractivity contribution is 0.592. The summed E-state index contributed by atoms with van der Waals surface area (Å²) in [6, 6.07) is -3.30. The third-order valence-corrected chi connectivity index (χ3v) is 4.23. The quantitative estimate of drug-likeness (QED) is 0.324. The molecule has 2 heterocycles. The van der Waals surface area contributed by atoms with Crippen LogP contribution in [0.25, 0.3) is 38.1 Å². The van der Waals surface area contributed by atoms with Gasteiger partial charge in [-0.3, -0.25) is 0 Å². The van der Waals surface area contributed by atoms with Gasteiger partial charge >= 0.3 is 0 Å². The number of benzene rings is 3. The Bertz CT molecular complexity index is 1580. The Balaban J connectivity index is 2.36. The fourth-order valence-electron chi connectivity index (χ4n) is 3.13. The van der Waals surface area contributed by atoms with Crippen LogP contribution in [0.5, 0.6) is 0 Å². The molecule has 0 amide bonds. The van der Waals surface area contributed by atoms with Crippen molar-refractivity contribution in [1.82, 2.24) is 4.40 Å². The maximum atomic E-state index is 8.99. The van der Waals surface area contributed by atoms with Crippen molar-refractivity contribution in [2.75, 3.05) is 0 Å². The summed E-state index contributed by atoms with van der Waals surface area (Å²) in [7, 11) is 0. The summed E-state index contributed by atoms with van der Waals surface area (Å²) >= 11 is 0. The molecule has 0 saturated carbocycles. The van der Waals surface area contributed by atoms with Gasteiger partial charge in [0.25, 0.3) is 0 Å². The lowest BCUT2D eigenvalue weighted by Gasteiger charge is -2.19. The molecule has 5 aromatic rings. The zero-order chi connectivity index (χ0) is 24.5. The fraction of sp³-hybridized carbons (Fsp3) is 0.182. The van der Waals surface area contributed by atoms with Crippen LogP contribution in [-0.2, 0) is 5.41 Å². The van der Waals surface area contributed by atoms with Crippen LogP contribution >= 0.6 is 0 Å². The van der Waals surface area contributed by atoms with Crippen molar-refractivity contribution >= 4 is 38.1 Å². The van der Waals surface area contributed by atoms with Gasteiger partial charge in [-0.05, 0) is 35.1 Å². The molecular weight excluding hydrogens is 278 g/mol. The number of rotatable bonds is 0. The third-order valence-electron chi connectivity index (χ3n) is 4.23. The Morgan fingerprint density at radius 2 is 1.22 bits per heavy atom. The highest BCUT2D eigenvalue weighted by Crippen LogP contribution is 2.41. The van der Waals surface area contributed by atoms with Gasteiger partial charge in [0.15, 0.2) is 0 Å². The summed E-state index contributed by atoms with van der Waals surface area (Å²) in [6.07, 6.45) is 0. The summed E-state index contributed by atoms with van der Waals surface area (Å²) < 4.78 is 86.4. The molecule has 0 saturated heterocycles. The van der Waals surface area contributed by atoms with E-state index in [1.807, 2.05) is 20.8 Å². The molecule has 3 aromatic carbocycles. The predicted octanol–water partition coefficient (Wildman–Crippen LogP) is 6.13. The highest BCUT2D eigenvalue weighted by Gasteiger charge is 2.21. The van der Waals surface area contributed by atoms with Crippen molar-refractivity contribution in [1.29, 1.82) is 0 Å². The molecule has 0 fully saturated rings. The van der Waals surface area contributed by atoms with Crippen molar-refractivity contribution in [2.24, 2.45) is 0 Å². The van der Waals surface area contributed by atoms with Gasteiger partial charge in [0.05, 0.1) is 30.3 Å². The molecule has 0 aliphatic rings. The lowest BCUT2D eigenvalue weighted by atomic mass is 9.85. The SMILES string of the molecule is [2H]c1c([2H])c([2H])c2c(c1[2H])c1c([2H])c(C(C)(C)C)c([2H])c3c4c([2H])c([2H])c([2H])c([2H])c4n2c13. The molecule has 0 aliphatic carbocycles. The Hall–Kier alpha value is -2.54. The van der Waals surface area contributed by atoms with Crippen molar-refractivity contribution < 1.29 is 13.7 Å². The van der Waals surface area contributed by atoms with E-state index in [9.17, 15) is 0 Å². The first-order valence-electron chi connectivity index (χ1n) is 12.4. The first kappa shape index (κ1) is 6.52. The van der Waals surface area contributed by atoms with Crippen molar-refractivity contribution in [3.63, 3.8) is 0 Å². The number of nitrogens with zero attached hydrogens (tertiary/aromatic N) is 1. The van der Waals surface area contributed by atoms with Gasteiger partial charge in [-0.25, -0.2) is 0 Å². The van der Waals surface area contributed by atoms with Crippen LogP contribution in [-0.4, -0.2) is 4.40 Å². The van der Waals surface area contributed by atoms with Gasteiger partial charge in [-0.2, -0.15) is 0 Å². The number of hydrogen-bond donors (Lipinski definition) is 0. The average molecular weight is 307 g/mol. The summed E-state index contributed by atoms with van der Waals surface area (Å²) in [4.78, 5) is 0. The van der Waals surface area contributed by atoms with Crippen molar-refractivity contribution in [2.45, 2.75) is 26.2 Å². The molecular formula is C22H19N. The standard InChI is InChI=1S/C22H19N/c1-22(2,3)14-12-17-15-8-4-6-10-19(15)23-20-11-7-5-9-16(20)18(13-14)21(17)23/h4-13H,1-3H3/i4D,5D,6D,7D,8D,9D,10D,11D,12D,13D. The van der Waals surface area contributed by atoms with E-state index in [0.717, 1.165) is 0 Å². The Kier molecular flexibility index (Phi) is 1.15. The molecule has 112 valence electrons. The van der Waals surface area contributed by atoms with Crippen LogP contribution in [0.1, 0.15) is 40.0 Å². The number of fused-ring (bicyclic) bond motifs is 6. The second kappa shape index (κ2) is 4.05. The number of aromatic nitrogens is 1. The molecule has 2 aromatic heterocycles. The first-order chi connectivity index (χ1) is 15.2. The molecule has 0 N–H and O–H groups in total. The van der Waals surface area contributed by atoms with Crippen LogP contribution < -0.4 is 0 Å². The molecule has 0 atom stereocenters. The van der Waals surface area contributed by atoms with E-state index in [1.54, 1.807) is 0 Å². The van der Waals surface area contributed by atoms with Crippen molar-refractivity contribution in [3.8, 4) is 0 Å². The maximum Gasteiger partial charge on any atom is 0.0645 e. The van der Waals surface area contributed by atoms with E-state index < -0.39 is 29.6 Å². The second-order valence-electron chi connectivity index (χ2n) is 6.76. The number of hydrogen-bond acceptors (Lipinski definition) is 0. The molecule has 1 nitrogen and oxygen atoms in total. The van der Waals surface area contributed by atoms with Crippen LogP contribution in [0.2, 0.25) is 0 Å². The van der Waals surface area contributed by atoms with E-state index >= 15 is 0 Å².